The van der Waals surface area contributed by atoms with Crippen molar-refractivity contribution in [2.24, 2.45) is 0 Å². The first-order valence-corrected chi connectivity index (χ1v) is 9.15. The van der Waals surface area contributed by atoms with E-state index in [0.717, 1.165) is 24.1 Å². The summed E-state index contributed by atoms with van der Waals surface area (Å²) in [5.41, 5.74) is 1.56. The highest BCUT2D eigenvalue weighted by Crippen LogP contribution is 2.33. The second kappa shape index (κ2) is 7.50. The zero-order chi connectivity index (χ0) is 19.6. The molecule has 2 N–H and O–H groups in total. The molecule has 0 bridgehead atoms. The standard InChI is InChI=1S/C20H25FN4O2/c1-13(26)23-17-11-22-24-18(17)14-5-4-10-25(12-14)19(27)20(2,3)15-6-8-16(21)9-7-15/h6-9,11,14H,4-5,10,12H2,1-3H3,(H,22,24)(H,23,26). The van der Waals surface area contributed by atoms with E-state index >= 15 is 0 Å². The van der Waals surface area contributed by atoms with Gasteiger partial charge in [0.25, 0.3) is 0 Å². The van der Waals surface area contributed by atoms with E-state index in [4.69, 9.17) is 0 Å². The molecule has 0 aliphatic carbocycles. The molecule has 1 fully saturated rings. The number of nitrogens with one attached hydrogen (secondary N) is 2. The highest BCUT2D eigenvalue weighted by molar-refractivity contribution is 5.89. The number of hydrogen-bond acceptors (Lipinski definition) is 3. The Kier molecular flexibility index (Phi) is 5.30. The SMILES string of the molecule is CC(=O)Nc1cn[nH]c1C1CCCN(C(=O)C(C)(C)c2ccc(F)cc2)C1. The lowest BCUT2D eigenvalue weighted by Crippen LogP contribution is -2.47. The molecule has 2 aromatic rings. The van der Waals surface area contributed by atoms with Crippen molar-refractivity contribution in [2.45, 2.75) is 44.9 Å². The van der Waals surface area contributed by atoms with E-state index in [1.807, 2.05) is 18.7 Å². The van der Waals surface area contributed by atoms with Gasteiger partial charge in [0.05, 0.1) is 23.0 Å². The molecule has 3 rings (SSSR count). The van der Waals surface area contributed by atoms with Crippen LogP contribution in [0.2, 0.25) is 0 Å². The molecule has 1 aliphatic rings. The van der Waals surface area contributed by atoms with Gasteiger partial charge in [0.15, 0.2) is 0 Å². The van der Waals surface area contributed by atoms with Gasteiger partial charge in [-0.15, -0.1) is 0 Å². The molecule has 7 heteroatoms. The lowest BCUT2D eigenvalue weighted by Gasteiger charge is -2.37. The maximum atomic E-state index is 13.2. The van der Waals surface area contributed by atoms with Crippen LogP contribution in [0.4, 0.5) is 10.1 Å². The summed E-state index contributed by atoms with van der Waals surface area (Å²) < 4.78 is 13.2. The number of likely N-dealkylation sites (tertiary alicyclic amines) is 1. The van der Waals surface area contributed by atoms with Crippen LogP contribution >= 0.6 is 0 Å². The molecule has 1 aromatic carbocycles. The third kappa shape index (κ3) is 4.02. The molecule has 27 heavy (non-hydrogen) atoms. The number of benzene rings is 1. The number of nitrogens with zero attached hydrogens (tertiary/aromatic N) is 2. The monoisotopic (exact) mass is 372 g/mol. The average Bonchev–Trinajstić information content (AvgIpc) is 3.09. The topological polar surface area (TPSA) is 78.1 Å². The summed E-state index contributed by atoms with van der Waals surface area (Å²) in [5, 5.41) is 9.80. The molecule has 144 valence electrons. The summed E-state index contributed by atoms with van der Waals surface area (Å²) in [4.78, 5) is 26.5. The Morgan fingerprint density at radius 3 is 2.67 bits per heavy atom. The number of halogens is 1. The summed E-state index contributed by atoms with van der Waals surface area (Å²) in [6.07, 6.45) is 3.38. The van der Waals surface area contributed by atoms with Crippen molar-refractivity contribution in [1.29, 1.82) is 0 Å². The molecular formula is C20H25FN4O2. The maximum absolute atomic E-state index is 13.2. The number of aromatic nitrogens is 2. The van der Waals surface area contributed by atoms with Crippen molar-refractivity contribution < 1.29 is 14.0 Å². The highest BCUT2D eigenvalue weighted by Gasteiger charge is 2.36. The fourth-order valence-corrected chi connectivity index (χ4v) is 3.68. The van der Waals surface area contributed by atoms with Crippen LogP contribution in [0.1, 0.15) is 50.8 Å². The van der Waals surface area contributed by atoms with E-state index in [1.165, 1.54) is 19.1 Å². The Hall–Kier alpha value is -2.70. The first-order valence-electron chi connectivity index (χ1n) is 9.15. The number of piperidine rings is 1. The molecule has 1 aromatic heterocycles. The van der Waals surface area contributed by atoms with E-state index in [-0.39, 0.29) is 23.5 Å². The second-order valence-electron chi connectivity index (χ2n) is 7.60. The number of carbonyl (C=O) groups is 2. The number of hydrogen-bond donors (Lipinski definition) is 2. The molecule has 0 radical (unpaired) electrons. The van der Waals surface area contributed by atoms with Gasteiger partial charge in [-0.1, -0.05) is 12.1 Å². The minimum Gasteiger partial charge on any atom is -0.341 e. The fraction of sp³-hybridized carbons (Fsp3) is 0.450. The van der Waals surface area contributed by atoms with Crippen LogP contribution in [0.5, 0.6) is 0 Å². The van der Waals surface area contributed by atoms with Gasteiger partial charge in [0.1, 0.15) is 5.82 Å². The average molecular weight is 372 g/mol. The normalized spacial score (nSPS) is 17.6. The quantitative estimate of drug-likeness (QED) is 0.865. The molecule has 0 spiro atoms. The molecule has 0 saturated carbocycles. The van der Waals surface area contributed by atoms with Gasteiger partial charge in [-0.3, -0.25) is 14.7 Å². The first-order chi connectivity index (χ1) is 12.8. The number of rotatable bonds is 4. The molecule has 1 aliphatic heterocycles. The van der Waals surface area contributed by atoms with Crippen LogP contribution in [0.25, 0.3) is 0 Å². The summed E-state index contributed by atoms with van der Waals surface area (Å²) in [7, 11) is 0. The predicted molar refractivity (Wildman–Crippen MR) is 101 cm³/mol. The molecule has 2 amide bonds. The lowest BCUT2D eigenvalue weighted by atomic mass is 9.82. The Morgan fingerprint density at radius 1 is 1.30 bits per heavy atom. The summed E-state index contributed by atoms with van der Waals surface area (Å²) in [6.45, 7) is 6.43. The van der Waals surface area contributed by atoms with Crippen molar-refractivity contribution >= 4 is 17.5 Å². The Bertz CT molecular complexity index is 829. The molecular weight excluding hydrogens is 347 g/mol. The van der Waals surface area contributed by atoms with Crippen molar-refractivity contribution in [3.05, 3.63) is 47.5 Å². The van der Waals surface area contributed by atoms with Crippen molar-refractivity contribution in [1.82, 2.24) is 15.1 Å². The molecule has 6 nitrogen and oxygen atoms in total. The number of H-pyrrole nitrogens is 1. The molecule has 1 unspecified atom stereocenters. The second-order valence-corrected chi connectivity index (χ2v) is 7.60. The van der Waals surface area contributed by atoms with Gasteiger partial charge in [-0.05, 0) is 44.4 Å². The molecule has 2 heterocycles. The largest absolute Gasteiger partial charge is 0.341 e. The van der Waals surface area contributed by atoms with Gasteiger partial charge < -0.3 is 10.2 Å². The number of anilines is 1. The minimum absolute atomic E-state index is 0.0133. The van der Waals surface area contributed by atoms with Crippen molar-refractivity contribution in [3.63, 3.8) is 0 Å². The highest BCUT2D eigenvalue weighted by atomic mass is 19.1. The van der Waals surface area contributed by atoms with Crippen LogP contribution in [0, 0.1) is 5.82 Å². The summed E-state index contributed by atoms with van der Waals surface area (Å²) in [6, 6.07) is 6.10. The van der Waals surface area contributed by atoms with Gasteiger partial charge in [0.2, 0.25) is 11.8 Å². The Balaban J connectivity index is 1.77. The van der Waals surface area contributed by atoms with Gasteiger partial charge in [-0.2, -0.15) is 5.10 Å². The summed E-state index contributed by atoms with van der Waals surface area (Å²) >= 11 is 0. The van der Waals surface area contributed by atoms with Gasteiger partial charge in [0, 0.05) is 25.9 Å². The first kappa shape index (κ1) is 19.1. The number of aromatic amines is 1. The van der Waals surface area contributed by atoms with Crippen molar-refractivity contribution in [2.75, 3.05) is 18.4 Å². The van der Waals surface area contributed by atoms with Crippen LogP contribution < -0.4 is 5.32 Å². The van der Waals surface area contributed by atoms with Crippen LogP contribution in [-0.4, -0.2) is 40.0 Å². The van der Waals surface area contributed by atoms with E-state index < -0.39 is 5.41 Å². The van der Waals surface area contributed by atoms with Crippen LogP contribution in [0.3, 0.4) is 0 Å². The van der Waals surface area contributed by atoms with Gasteiger partial charge in [-0.25, -0.2) is 4.39 Å². The smallest absolute Gasteiger partial charge is 0.232 e. The van der Waals surface area contributed by atoms with E-state index in [1.54, 1.807) is 18.3 Å². The zero-order valence-corrected chi connectivity index (χ0v) is 15.9. The fourth-order valence-electron chi connectivity index (χ4n) is 3.68. The summed E-state index contributed by atoms with van der Waals surface area (Å²) in [5.74, 6) is -0.376. The zero-order valence-electron chi connectivity index (χ0n) is 15.9. The number of carbonyl (C=O) groups excluding carboxylic acids is 2. The van der Waals surface area contributed by atoms with E-state index in [9.17, 15) is 14.0 Å². The number of amides is 2. The lowest BCUT2D eigenvalue weighted by molar-refractivity contribution is -0.137. The van der Waals surface area contributed by atoms with Crippen LogP contribution in [0.15, 0.2) is 30.5 Å². The van der Waals surface area contributed by atoms with E-state index in [0.29, 0.717) is 18.8 Å². The third-order valence-electron chi connectivity index (χ3n) is 5.20. The molecule has 1 saturated heterocycles. The maximum Gasteiger partial charge on any atom is 0.232 e. The molecule has 1 atom stereocenters. The van der Waals surface area contributed by atoms with Crippen molar-refractivity contribution in [3.8, 4) is 0 Å². The Morgan fingerprint density at radius 2 is 2.00 bits per heavy atom. The third-order valence-corrected chi connectivity index (χ3v) is 5.20. The van der Waals surface area contributed by atoms with E-state index in [2.05, 4.69) is 15.5 Å². The van der Waals surface area contributed by atoms with Crippen LogP contribution in [-0.2, 0) is 15.0 Å². The van der Waals surface area contributed by atoms with Gasteiger partial charge >= 0.3 is 0 Å². The Labute approximate surface area is 158 Å². The minimum atomic E-state index is -0.746. The predicted octanol–water partition coefficient (Wildman–Crippen LogP) is 3.19.